The second kappa shape index (κ2) is 6.92. The fourth-order valence-corrected chi connectivity index (χ4v) is 3.87. The number of hydrogen-bond donors (Lipinski definition) is 0. The Balaban J connectivity index is 1.87. The van der Waals surface area contributed by atoms with Crippen LogP contribution in [-0.2, 0) is 4.79 Å². The number of carbonyl (C=O) groups excluding carboxylic acids is 1. The molecule has 6 heteroatoms. The largest absolute Gasteiger partial charge is 0.274 e. The molecule has 3 aromatic rings. The Morgan fingerprint density at radius 2 is 1.85 bits per heavy atom. The third-order valence-corrected chi connectivity index (χ3v) is 5.19. The molecule has 4 rings (SSSR count). The van der Waals surface area contributed by atoms with Gasteiger partial charge in [0.2, 0.25) is 11.9 Å². The van der Waals surface area contributed by atoms with Crippen molar-refractivity contribution in [1.82, 2.24) is 14.8 Å². The van der Waals surface area contributed by atoms with E-state index in [1.54, 1.807) is 4.90 Å². The van der Waals surface area contributed by atoms with Crippen LogP contribution in [0.5, 0.6) is 0 Å². The fraction of sp³-hybridized carbons (Fsp3) is 0.250. The van der Waals surface area contributed by atoms with Crippen LogP contribution in [0.4, 0.5) is 5.95 Å². The minimum atomic E-state index is -0.110. The topological polar surface area (TPSA) is 51.0 Å². The summed E-state index contributed by atoms with van der Waals surface area (Å²) >= 11 is 6.47. The van der Waals surface area contributed by atoms with Crippen LogP contribution in [0.2, 0.25) is 5.02 Å². The first kappa shape index (κ1) is 16.8. The molecule has 2 atom stereocenters. The number of aromatic nitrogens is 3. The molecule has 0 radical (unpaired) electrons. The van der Waals surface area contributed by atoms with E-state index in [0.29, 0.717) is 23.8 Å². The van der Waals surface area contributed by atoms with Crippen molar-refractivity contribution in [2.75, 3.05) is 4.90 Å². The number of hydrogen-bond acceptors (Lipinski definition) is 3. The molecular formula is C20H19ClN4O. The van der Waals surface area contributed by atoms with Gasteiger partial charge in [0.05, 0.1) is 12.1 Å². The zero-order valence-electron chi connectivity index (χ0n) is 14.4. The predicted octanol–water partition coefficient (Wildman–Crippen LogP) is 4.41. The molecule has 0 saturated carbocycles. The van der Waals surface area contributed by atoms with Crippen LogP contribution in [-0.4, -0.2) is 20.7 Å². The van der Waals surface area contributed by atoms with E-state index in [-0.39, 0.29) is 18.0 Å². The summed E-state index contributed by atoms with van der Waals surface area (Å²) in [7, 11) is 0. The maximum absolute atomic E-state index is 12.7. The molecule has 1 aromatic heterocycles. The maximum Gasteiger partial charge on any atom is 0.231 e. The molecule has 1 aliphatic heterocycles. The molecule has 1 amide bonds. The van der Waals surface area contributed by atoms with Crippen molar-refractivity contribution >= 4 is 23.5 Å². The zero-order valence-corrected chi connectivity index (χ0v) is 15.2. The van der Waals surface area contributed by atoms with Crippen molar-refractivity contribution < 1.29 is 4.79 Å². The van der Waals surface area contributed by atoms with E-state index in [0.717, 1.165) is 11.1 Å². The number of nitrogens with zero attached hydrogens (tertiary/aromatic N) is 4. The van der Waals surface area contributed by atoms with Gasteiger partial charge in [0.25, 0.3) is 0 Å². The van der Waals surface area contributed by atoms with Gasteiger partial charge in [-0.25, -0.2) is 4.68 Å². The van der Waals surface area contributed by atoms with E-state index in [2.05, 4.69) is 22.2 Å². The molecule has 26 heavy (non-hydrogen) atoms. The van der Waals surface area contributed by atoms with Crippen molar-refractivity contribution in [3.8, 4) is 0 Å². The Hall–Kier alpha value is -2.66. The van der Waals surface area contributed by atoms with Gasteiger partial charge in [-0.15, -0.1) is 0 Å². The highest BCUT2D eigenvalue weighted by Crippen LogP contribution is 2.43. The second-order valence-corrected chi connectivity index (χ2v) is 6.73. The molecule has 0 fully saturated rings. The van der Waals surface area contributed by atoms with Crippen molar-refractivity contribution in [2.24, 2.45) is 0 Å². The Labute approximate surface area is 157 Å². The second-order valence-electron chi connectivity index (χ2n) is 6.32. The van der Waals surface area contributed by atoms with Gasteiger partial charge in [-0.05, 0) is 23.6 Å². The Bertz CT molecular complexity index is 924. The number of fused-ring (bicyclic) bond motifs is 1. The number of carbonyl (C=O) groups is 1. The van der Waals surface area contributed by atoms with Crippen LogP contribution < -0.4 is 4.90 Å². The van der Waals surface area contributed by atoms with E-state index in [4.69, 9.17) is 11.6 Å². The smallest absolute Gasteiger partial charge is 0.231 e. The van der Waals surface area contributed by atoms with Crippen molar-refractivity contribution in [3.05, 3.63) is 77.1 Å². The van der Waals surface area contributed by atoms with E-state index < -0.39 is 0 Å². The molecule has 0 spiro atoms. The standard InChI is InChI=1S/C20H19ClN4O/c1-2-19(26)24-17(14-8-4-3-5-9-14)12-18(25-20(24)22-13-23-25)15-10-6-7-11-16(15)21/h3-11,13,17-18H,2,12H2,1H3/t17-,18-/m1/s1. The van der Waals surface area contributed by atoms with Crippen LogP contribution in [0.1, 0.15) is 43.0 Å². The molecule has 0 unspecified atom stereocenters. The average Bonchev–Trinajstić information content (AvgIpc) is 3.17. The highest BCUT2D eigenvalue weighted by Gasteiger charge is 2.39. The van der Waals surface area contributed by atoms with Crippen LogP contribution >= 0.6 is 11.6 Å². The summed E-state index contributed by atoms with van der Waals surface area (Å²) in [6, 6.07) is 17.7. The van der Waals surface area contributed by atoms with E-state index >= 15 is 0 Å². The summed E-state index contributed by atoms with van der Waals surface area (Å²) in [6.07, 6.45) is 2.60. The Kier molecular flexibility index (Phi) is 4.47. The van der Waals surface area contributed by atoms with E-state index in [9.17, 15) is 4.79 Å². The summed E-state index contributed by atoms with van der Waals surface area (Å²) in [5.74, 6) is 0.604. The summed E-state index contributed by atoms with van der Waals surface area (Å²) in [5, 5.41) is 5.10. The SMILES string of the molecule is CCC(=O)N1c2ncnn2[C@@H](c2ccccc2Cl)C[C@@H]1c1ccccc1. The summed E-state index contributed by atoms with van der Waals surface area (Å²) in [4.78, 5) is 18.9. The molecule has 1 aliphatic rings. The molecule has 0 aliphatic carbocycles. The lowest BCUT2D eigenvalue weighted by Gasteiger charge is -2.39. The molecule has 2 aromatic carbocycles. The van der Waals surface area contributed by atoms with Crippen LogP contribution in [0.3, 0.4) is 0 Å². The van der Waals surface area contributed by atoms with Crippen LogP contribution in [0.25, 0.3) is 0 Å². The third kappa shape index (κ3) is 2.78. The molecule has 0 saturated heterocycles. The minimum absolute atomic E-state index is 0.0331. The average molecular weight is 367 g/mol. The zero-order chi connectivity index (χ0) is 18.1. The lowest BCUT2D eigenvalue weighted by Crippen LogP contribution is -2.42. The van der Waals surface area contributed by atoms with Crippen molar-refractivity contribution in [3.63, 3.8) is 0 Å². The quantitative estimate of drug-likeness (QED) is 0.690. The first-order valence-electron chi connectivity index (χ1n) is 8.71. The van der Waals surface area contributed by atoms with Gasteiger partial charge in [-0.3, -0.25) is 9.69 Å². The molecule has 5 nitrogen and oxygen atoms in total. The summed E-state index contributed by atoms with van der Waals surface area (Å²) < 4.78 is 1.81. The highest BCUT2D eigenvalue weighted by molar-refractivity contribution is 6.31. The molecule has 2 heterocycles. The molecule has 0 N–H and O–H groups in total. The highest BCUT2D eigenvalue weighted by atomic mass is 35.5. The third-order valence-electron chi connectivity index (χ3n) is 4.84. The van der Waals surface area contributed by atoms with Crippen LogP contribution in [0, 0.1) is 0 Å². The number of rotatable bonds is 3. The number of benzene rings is 2. The maximum atomic E-state index is 12.7. The first-order valence-corrected chi connectivity index (χ1v) is 9.09. The summed E-state index contributed by atoms with van der Waals surface area (Å²) in [5.41, 5.74) is 2.08. The molecule has 132 valence electrons. The lowest BCUT2D eigenvalue weighted by atomic mass is 9.91. The van der Waals surface area contributed by atoms with Crippen LogP contribution in [0.15, 0.2) is 60.9 Å². The van der Waals surface area contributed by atoms with Gasteiger partial charge < -0.3 is 0 Å². The van der Waals surface area contributed by atoms with Gasteiger partial charge in [-0.2, -0.15) is 10.1 Å². The van der Waals surface area contributed by atoms with Crippen molar-refractivity contribution in [2.45, 2.75) is 31.8 Å². The number of amides is 1. The van der Waals surface area contributed by atoms with Gasteiger partial charge in [-0.1, -0.05) is 67.1 Å². The normalized spacial score (nSPS) is 19.2. The van der Waals surface area contributed by atoms with E-state index in [1.807, 2.05) is 54.1 Å². The first-order chi connectivity index (χ1) is 12.7. The Morgan fingerprint density at radius 3 is 2.58 bits per heavy atom. The van der Waals surface area contributed by atoms with Gasteiger partial charge in [0, 0.05) is 11.4 Å². The number of anilines is 1. The van der Waals surface area contributed by atoms with Gasteiger partial charge in [0.15, 0.2) is 0 Å². The summed E-state index contributed by atoms with van der Waals surface area (Å²) in [6.45, 7) is 1.87. The monoisotopic (exact) mass is 366 g/mol. The van der Waals surface area contributed by atoms with Gasteiger partial charge in [0.1, 0.15) is 6.33 Å². The predicted molar refractivity (Wildman–Crippen MR) is 101 cm³/mol. The fourth-order valence-electron chi connectivity index (χ4n) is 3.61. The lowest BCUT2D eigenvalue weighted by molar-refractivity contribution is -0.119. The van der Waals surface area contributed by atoms with E-state index in [1.165, 1.54) is 6.33 Å². The minimum Gasteiger partial charge on any atom is -0.274 e. The van der Waals surface area contributed by atoms with Gasteiger partial charge >= 0.3 is 0 Å². The molecular weight excluding hydrogens is 348 g/mol. The van der Waals surface area contributed by atoms with Crippen molar-refractivity contribution in [1.29, 1.82) is 0 Å². The Morgan fingerprint density at radius 1 is 1.12 bits per heavy atom. The molecule has 0 bridgehead atoms. The number of halogens is 1.